The van der Waals surface area contributed by atoms with E-state index in [2.05, 4.69) is 0 Å². The molecule has 0 aliphatic carbocycles. The molecule has 0 aromatic rings. The van der Waals surface area contributed by atoms with E-state index in [1.807, 2.05) is 20.8 Å². The van der Waals surface area contributed by atoms with Gasteiger partial charge in [-0.1, -0.05) is 20.8 Å². The summed E-state index contributed by atoms with van der Waals surface area (Å²) in [5.41, 5.74) is -0.838. The largest absolute Gasteiger partial charge is 0.389 e. The number of aliphatic hydroxyl groups is 1. The van der Waals surface area contributed by atoms with Crippen LogP contribution in [0.3, 0.4) is 0 Å². The van der Waals surface area contributed by atoms with Gasteiger partial charge in [0.15, 0.2) is 0 Å². The van der Waals surface area contributed by atoms with Crippen LogP contribution in [0.15, 0.2) is 0 Å². The van der Waals surface area contributed by atoms with Crippen LogP contribution < -0.4 is 0 Å². The molecule has 0 saturated heterocycles. The third-order valence-corrected chi connectivity index (χ3v) is 4.13. The van der Waals surface area contributed by atoms with E-state index >= 15 is 0 Å². The minimum Gasteiger partial charge on any atom is -0.389 e. The van der Waals surface area contributed by atoms with E-state index in [1.165, 1.54) is 0 Å². The second kappa shape index (κ2) is 4.38. The van der Waals surface area contributed by atoms with Crippen molar-refractivity contribution in [2.45, 2.75) is 45.5 Å². The summed E-state index contributed by atoms with van der Waals surface area (Å²) < 4.78 is 11.6. The second-order valence-electron chi connectivity index (χ2n) is 3.99. The van der Waals surface area contributed by atoms with Crippen LogP contribution in [0, 0.1) is 5.92 Å². The van der Waals surface area contributed by atoms with Gasteiger partial charge >= 0.3 is 0 Å². The fraction of sp³-hybridized carbons (Fsp3) is 1.00. The van der Waals surface area contributed by atoms with E-state index in [0.717, 1.165) is 0 Å². The fourth-order valence-electron chi connectivity index (χ4n) is 1.62. The van der Waals surface area contributed by atoms with Crippen LogP contribution in [-0.4, -0.2) is 25.9 Å². The zero-order chi connectivity index (χ0) is 9.94. The van der Waals surface area contributed by atoms with Gasteiger partial charge in [0.2, 0.25) is 0 Å². The average Bonchev–Trinajstić information content (AvgIpc) is 1.83. The van der Waals surface area contributed by atoms with Gasteiger partial charge in [0.05, 0.1) is 10.9 Å². The first kappa shape index (κ1) is 12.1. The van der Waals surface area contributed by atoms with Crippen LogP contribution in [0.2, 0.25) is 0 Å². The van der Waals surface area contributed by atoms with Crippen molar-refractivity contribution in [2.75, 3.05) is 5.75 Å². The molecule has 74 valence electrons. The highest BCUT2D eigenvalue weighted by atomic mass is 32.2. The zero-order valence-electron chi connectivity index (χ0n) is 8.63. The fourth-order valence-corrected chi connectivity index (χ4v) is 3.23. The zero-order valence-corrected chi connectivity index (χ0v) is 9.44. The van der Waals surface area contributed by atoms with E-state index in [4.69, 9.17) is 0 Å². The van der Waals surface area contributed by atoms with Gasteiger partial charge < -0.3 is 5.11 Å². The predicted octanol–water partition coefficient (Wildman–Crippen LogP) is 1.55. The Morgan fingerprint density at radius 1 is 1.42 bits per heavy atom. The Morgan fingerprint density at radius 2 is 1.83 bits per heavy atom. The summed E-state index contributed by atoms with van der Waals surface area (Å²) in [4.78, 5) is 0. The highest BCUT2D eigenvalue weighted by Crippen LogP contribution is 2.22. The van der Waals surface area contributed by atoms with Gasteiger partial charge in [0, 0.05) is 16.6 Å². The molecular weight excluding hydrogens is 172 g/mol. The van der Waals surface area contributed by atoms with Gasteiger partial charge in [0.1, 0.15) is 0 Å². The molecule has 0 spiro atoms. The van der Waals surface area contributed by atoms with E-state index in [-0.39, 0.29) is 11.2 Å². The normalized spacial score (nSPS) is 17.9. The summed E-state index contributed by atoms with van der Waals surface area (Å²) in [6.07, 6.45) is 0. The molecule has 1 N–H and O–H groups in total. The molecule has 0 aliphatic heterocycles. The van der Waals surface area contributed by atoms with E-state index < -0.39 is 16.4 Å². The Kier molecular flexibility index (Phi) is 4.42. The van der Waals surface area contributed by atoms with Crippen molar-refractivity contribution >= 4 is 10.8 Å². The Hall–Kier alpha value is 0.110. The molecule has 3 heteroatoms. The molecule has 0 fully saturated rings. The molecule has 0 bridgehead atoms. The summed E-state index contributed by atoms with van der Waals surface area (Å²) in [7, 11) is -0.914. The Bertz CT molecular complexity index is 158. The van der Waals surface area contributed by atoms with E-state index in [0.29, 0.717) is 5.75 Å². The lowest BCUT2D eigenvalue weighted by molar-refractivity contribution is 0.0635. The molecule has 0 aliphatic rings. The first-order valence-electron chi connectivity index (χ1n) is 4.40. The average molecular weight is 192 g/mol. The summed E-state index contributed by atoms with van der Waals surface area (Å²) in [5, 5.41) is 9.63. The van der Waals surface area contributed by atoms with Gasteiger partial charge in [-0.15, -0.1) is 0 Å². The highest BCUT2D eigenvalue weighted by molar-refractivity contribution is 7.85. The predicted molar refractivity (Wildman–Crippen MR) is 53.6 cm³/mol. The third kappa shape index (κ3) is 3.23. The van der Waals surface area contributed by atoms with Crippen LogP contribution in [-0.2, 0) is 10.8 Å². The summed E-state index contributed by atoms with van der Waals surface area (Å²) in [5.74, 6) is 0.873. The Labute approximate surface area is 77.8 Å². The standard InChI is InChI=1S/C9H20O2S/c1-6-12(11)8(7(2)3)9(4,5)10/h7-8,10H,6H2,1-5H3/t8-,12?/m0/s1. The van der Waals surface area contributed by atoms with Crippen molar-refractivity contribution in [3.63, 3.8) is 0 Å². The molecule has 1 unspecified atom stereocenters. The lowest BCUT2D eigenvalue weighted by Gasteiger charge is -2.31. The molecule has 12 heavy (non-hydrogen) atoms. The quantitative estimate of drug-likeness (QED) is 0.734. The van der Waals surface area contributed by atoms with Crippen molar-refractivity contribution in [3.05, 3.63) is 0 Å². The molecule has 0 aromatic carbocycles. The summed E-state index contributed by atoms with van der Waals surface area (Å²) in [6.45, 7) is 9.33. The second-order valence-corrected chi connectivity index (χ2v) is 5.83. The first-order valence-corrected chi connectivity index (χ1v) is 5.78. The van der Waals surface area contributed by atoms with Crippen LogP contribution >= 0.6 is 0 Å². The molecule has 0 saturated carbocycles. The lowest BCUT2D eigenvalue weighted by Crippen LogP contribution is -2.43. The van der Waals surface area contributed by atoms with E-state index in [1.54, 1.807) is 13.8 Å². The van der Waals surface area contributed by atoms with Crippen molar-refractivity contribution < 1.29 is 9.32 Å². The molecule has 0 aromatic heterocycles. The van der Waals surface area contributed by atoms with Crippen LogP contribution in [0.4, 0.5) is 0 Å². The number of hydrogen-bond donors (Lipinski definition) is 1. The van der Waals surface area contributed by atoms with Crippen LogP contribution in [0.25, 0.3) is 0 Å². The maximum absolute atomic E-state index is 11.6. The smallest absolute Gasteiger partial charge is 0.0737 e. The third-order valence-electron chi connectivity index (χ3n) is 1.87. The lowest BCUT2D eigenvalue weighted by atomic mass is 9.96. The van der Waals surface area contributed by atoms with Gasteiger partial charge in [-0.3, -0.25) is 4.21 Å². The number of hydrogen-bond acceptors (Lipinski definition) is 2. The molecule has 2 atom stereocenters. The van der Waals surface area contributed by atoms with Gasteiger partial charge in [-0.25, -0.2) is 0 Å². The minimum absolute atomic E-state index is 0.123. The van der Waals surface area contributed by atoms with Crippen molar-refractivity contribution in [1.82, 2.24) is 0 Å². The topological polar surface area (TPSA) is 37.3 Å². The van der Waals surface area contributed by atoms with E-state index in [9.17, 15) is 9.32 Å². The Balaban J connectivity index is 4.56. The van der Waals surface area contributed by atoms with Crippen molar-refractivity contribution in [2.24, 2.45) is 5.92 Å². The first-order chi connectivity index (χ1) is 5.30. The summed E-state index contributed by atoms with van der Waals surface area (Å²) >= 11 is 0. The summed E-state index contributed by atoms with van der Waals surface area (Å²) in [6, 6.07) is 0. The molecule has 0 heterocycles. The van der Waals surface area contributed by atoms with Gasteiger partial charge in [-0.2, -0.15) is 0 Å². The molecule has 0 radical (unpaired) electrons. The molecular formula is C9H20O2S. The number of rotatable bonds is 4. The van der Waals surface area contributed by atoms with Crippen molar-refractivity contribution in [1.29, 1.82) is 0 Å². The Morgan fingerprint density at radius 3 is 1.92 bits per heavy atom. The monoisotopic (exact) mass is 192 g/mol. The molecule has 0 amide bonds. The van der Waals surface area contributed by atoms with Crippen molar-refractivity contribution in [3.8, 4) is 0 Å². The van der Waals surface area contributed by atoms with Crippen LogP contribution in [0.5, 0.6) is 0 Å². The minimum atomic E-state index is -0.914. The molecule has 0 rings (SSSR count). The molecule has 2 nitrogen and oxygen atoms in total. The maximum Gasteiger partial charge on any atom is 0.0737 e. The highest BCUT2D eigenvalue weighted by Gasteiger charge is 2.33. The van der Waals surface area contributed by atoms with Gasteiger partial charge in [0.25, 0.3) is 0 Å². The van der Waals surface area contributed by atoms with Gasteiger partial charge in [-0.05, 0) is 19.8 Å². The SMILES string of the molecule is CCS(=O)[C@@H](C(C)C)C(C)(C)O. The van der Waals surface area contributed by atoms with Crippen LogP contribution in [0.1, 0.15) is 34.6 Å². The maximum atomic E-state index is 11.6.